The van der Waals surface area contributed by atoms with E-state index in [0.29, 0.717) is 17.9 Å². The van der Waals surface area contributed by atoms with Gasteiger partial charge in [0.2, 0.25) is 5.82 Å². The molecule has 86 valence electrons. The van der Waals surface area contributed by atoms with Crippen LogP contribution in [-0.4, -0.2) is 38.0 Å². The minimum absolute atomic E-state index is 0. The Morgan fingerprint density at radius 2 is 2.33 bits per heavy atom. The molecule has 8 heteroatoms. The fourth-order valence-corrected chi connectivity index (χ4v) is 1.81. The number of hydrogen-bond acceptors (Lipinski definition) is 4. The van der Waals surface area contributed by atoms with Gasteiger partial charge in [-0.3, -0.25) is 4.79 Å². The largest absolute Gasteiger partial charge is 1.00 e. The summed E-state index contributed by atoms with van der Waals surface area (Å²) < 4.78 is 0. The minimum Gasteiger partial charge on any atom is -0.441 e. The van der Waals surface area contributed by atoms with Crippen LogP contribution in [0.2, 0.25) is 0 Å². The van der Waals surface area contributed by atoms with Crippen molar-refractivity contribution in [1.29, 1.82) is 0 Å². The zero-order valence-corrected chi connectivity index (χ0v) is 13.2. The summed E-state index contributed by atoms with van der Waals surface area (Å²) in [4.78, 5) is 13.8. The van der Waals surface area contributed by atoms with Crippen LogP contribution in [0.1, 0.15) is 12.7 Å². The number of allylic oxidation sites excluding steroid dienone is 2. The summed E-state index contributed by atoms with van der Waals surface area (Å²) in [6.45, 7) is 2.44. The van der Waals surface area contributed by atoms with Gasteiger partial charge in [-0.05, 0) is 18.7 Å². The predicted octanol–water partition coefficient (Wildman–Crippen LogP) is -2.44. The molecule has 0 bridgehead atoms. The number of fused-ring (bicyclic) bond motifs is 1. The number of aromatic amines is 1. The van der Waals surface area contributed by atoms with Gasteiger partial charge in [-0.1, -0.05) is 29.7 Å². The molecule has 1 N–H and O–H groups in total. The number of rotatable bonds is 1. The summed E-state index contributed by atoms with van der Waals surface area (Å²) in [6, 6.07) is 0. The molecule has 3 rings (SSSR count). The standard InChI is InChI=1S/C10H10N6O.K/c1-6-3-2-4-16-9(6)11-5-7(10(16)17)8-12-14-15-13-8;/h2-3,5H,4H2,1H3,(H2,11,12,13,14,15,17);/q;+1/p-1. The van der Waals surface area contributed by atoms with E-state index < -0.39 is 0 Å². The van der Waals surface area contributed by atoms with Crippen molar-refractivity contribution in [1.82, 2.24) is 25.5 Å². The number of carbonyl (C=O) groups excluding carboxylic acids is 1. The van der Waals surface area contributed by atoms with Crippen LogP contribution in [0.5, 0.6) is 0 Å². The van der Waals surface area contributed by atoms with Gasteiger partial charge in [0, 0.05) is 0 Å². The molecule has 0 radical (unpaired) electrons. The van der Waals surface area contributed by atoms with Crippen molar-refractivity contribution in [2.45, 2.75) is 6.92 Å². The van der Waals surface area contributed by atoms with Crippen molar-refractivity contribution in [3.63, 3.8) is 0 Å². The molecule has 0 atom stereocenters. The monoisotopic (exact) mass is 268 g/mol. The number of hydrogen-bond donors (Lipinski definition) is 1. The molecule has 0 spiro atoms. The molecule has 1 aromatic heterocycles. The molecule has 0 fully saturated rings. The van der Waals surface area contributed by atoms with Gasteiger partial charge in [-0.15, -0.1) is 10.2 Å². The van der Waals surface area contributed by atoms with Crippen molar-refractivity contribution >= 4 is 11.5 Å². The van der Waals surface area contributed by atoms with Crippen LogP contribution < -0.4 is 51.4 Å². The van der Waals surface area contributed by atoms with Crippen LogP contribution in [0.4, 0.5) is 0 Å². The third-order valence-corrected chi connectivity index (χ3v) is 2.64. The quantitative estimate of drug-likeness (QED) is 0.573. The summed E-state index contributed by atoms with van der Waals surface area (Å²) in [5, 5.41) is 17.6. The second kappa shape index (κ2) is 5.45. The first-order chi connectivity index (χ1) is 8.27. The Labute approximate surface area is 146 Å². The van der Waals surface area contributed by atoms with E-state index >= 15 is 0 Å². The van der Waals surface area contributed by atoms with Crippen molar-refractivity contribution in [2.75, 3.05) is 6.54 Å². The second-order valence-corrected chi connectivity index (χ2v) is 3.73. The maximum atomic E-state index is 12.2. The van der Waals surface area contributed by atoms with E-state index in [9.17, 15) is 4.79 Å². The first-order valence-electron chi connectivity index (χ1n) is 5.11. The van der Waals surface area contributed by atoms with E-state index in [0.717, 1.165) is 5.57 Å². The van der Waals surface area contributed by atoms with Crippen molar-refractivity contribution in [2.24, 2.45) is 0 Å². The fraction of sp³-hybridized carbons (Fsp3) is 0.200. The van der Waals surface area contributed by atoms with E-state index in [2.05, 4.69) is 25.9 Å². The second-order valence-electron chi connectivity index (χ2n) is 3.73. The molecule has 1 amide bonds. The summed E-state index contributed by atoms with van der Waals surface area (Å²) in [5.41, 5.74) is 1.32. The van der Waals surface area contributed by atoms with E-state index in [1.54, 1.807) is 4.90 Å². The number of nitrogens with one attached hydrogen (secondary N) is 1. The van der Waals surface area contributed by atoms with Crippen LogP contribution in [0.25, 0.3) is 10.9 Å². The van der Waals surface area contributed by atoms with Gasteiger partial charge in [-0.2, -0.15) is 5.21 Å². The Hall–Kier alpha value is -0.804. The molecule has 0 unspecified atom stereocenters. The van der Waals surface area contributed by atoms with Crippen molar-refractivity contribution < 1.29 is 56.2 Å². The van der Waals surface area contributed by atoms with Crippen molar-refractivity contribution in [3.8, 4) is 0 Å². The molecule has 1 aromatic rings. The third kappa shape index (κ3) is 2.21. The predicted molar refractivity (Wildman–Crippen MR) is 59.1 cm³/mol. The Bertz CT molecular complexity index is 559. The summed E-state index contributed by atoms with van der Waals surface area (Å²) in [6.07, 6.45) is 5.36. The number of aromatic nitrogens is 4. The minimum atomic E-state index is -0.153. The Morgan fingerprint density at radius 3 is 3.06 bits per heavy atom. The van der Waals surface area contributed by atoms with Gasteiger partial charge in [0.25, 0.3) is 0 Å². The molecule has 0 saturated heterocycles. The smallest absolute Gasteiger partial charge is 0.441 e. The number of carbonyl (C=O) groups is 1. The van der Waals surface area contributed by atoms with Gasteiger partial charge < -0.3 is 10.2 Å². The molecule has 3 heterocycles. The SMILES string of the molecule is CC1=C2[N-]C=C(c3nn[nH]n3)C(=O)N2CC=C1.[K+]. The zero-order valence-electron chi connectivity index (χ0n) is 10.1. The molecule has 18 heavy (non-hydrogen) atoms. The molecule has 7 nitrogen and oxygen atoms in total. The fourth-order valence-electron chi connectivity index (χ4n) is 1.81. The van der Waals surface area contributed by atoms with Crippen LogP contribution in [-0.2, 0) is 4.79 Å². The maximum Gasteiger partial charge on any atom is 1.00 e. The molecule has 2 aliphatic rings. The number of H-pyrrole nitrogens is 1. The first kappa shape index (κ1) is 13.6. The van der Waals surface area contributed by atoms with E-state index in [1.807, 2.05) is 19.1 Å². The molecule has 0 saturated carbocycles. The molecular formula is C10H9KN6O. The summed E-state index contributed by atoms with van der Waals surface area (Å²) >= 11 is 0. The van der Waals surface area contributed by atoms with E-state index in [4.69, 9.17) is 0 Å². The van der Waals surface area contributed by atoms with Gasteiger partial charge in [0.1, 0.15) is 0 Å². The summed E-state index contributed by atoms with van der Waals surface area (Å²) in [7, 11) is 0. The Balaban J connectivity index is 0.00000120. The van der Waals surface area contributed by atoms with Crippen LogP contribution >= 0.6 is 0 Å². The number of tetrazole rings is 1. The van der Waals surface area contributed by atoms with Crippen LogP contribution in [0.3, 0.4) is 0 Å². The maximum absolute atomic E-state index is 12.2. The Kier molecular flexibility index (Phi) is 4.13. The van der Waals surface area contributed by atoms with Gasteiger partial charge in [-0.25, -0.2) is 0 Å². The number of nitrogens with zero attached hydrogens (tertiary/aromatic N) is 5. The zero-order chi connectivity index (χ0) is 11.8. The normalized spacial score (nSPS) is 17.9. The first-order valence-corrected chi connectivity index (χ1v) is 5.11. The van der Waals surface area contributed by atoms with Crippen LogP contribution in [0.15, 0.2) is 29.7 Å². The van der Waals surface area contributed by atoms with Gasteiger partial charge >= 0.3 is 51.4 Å². The number of amides is 1. The molecule has 0 aliphatic carbocycles. The molecule has 2 aliphatic heterocycles. The summed E-state index contributed by atoms with van der Waals surface area (Å²) in [5.74, 6) is 0.801. The third-order valence-electron chi connectivity index (χ3n) is 2.64. The van der Waals surface area contributed by atoms with E-state index in [1.165, 1.54) is 6.20 Å². The molecule has 0 aromatic carbocycles. The van der Waals surface area contributed by atoms with E-state index in [-0.39, 0.29) is 63.1 Å². The van der Waals surface area contributed by atoms with Gasteiger partial charge in [0.05, 0.1) is 5.57 Å². The average molecular weight is 268 g/mol. The van der Waals surface area contributed by atoms with Gasteiger partial charge in [0.15, 0.2) is 5.91 Å². The van der Waals surface area contributed by atoms with Crippen LogP contribution in [0, 0.1) is 0 Å². The average Bonchev–Trinajstić information content (AvgIpc) is 2.84. The Morgan fingerprint density at radius 1 is 1.50 bits per heavy atom. The topological polar surface area (TPSA) is 88.9 Å². The van der Waals surface area contributed by atoms with Crippen molar-refractivity contribution in [3.05, 3.63) is 40.9 Å². The molecular weight excluding hydrogens is 259 g/mol.